The van der Waals surface area contributed by atoms with Gasteiger partial charge in [0.25, 0.3) is 0 Å². The van der Waals surface area contributed by atoms with E-state index in [0.29, 0.717) is 45.8 Å². The average molecular weight is 870 g/mol. The number of hydrogen-bond donors (Lipinski definition) is 3. The lowest BCUT2D eigenvalue weighted by atomic mass is 9.93. The van der Waals surface area contributed by atoms with E-state index in [2.05, 4.69) is 42.3 Å². The third kappa shape index (κ3) is 11.1. The van der Waals surface area contributed by atoms with Gasteiger partial charge in [-0.2, -0.15) is 0 Å². The molecule has 0 radical (unpaired) electrons. The number of likely N-dealkylation sites (tertiary alicyclic amines) is 1. The summed E-state index contributed by atoms with van der Waals surface area (Å²) in [7, 11) is 0. The Balaban J connectivity index is 1.29. The molecular formula is C39H44Cl3IN2O6. The number of aliphatic hydroxyl groups excluding tert-OH is 2. The van der Waals surface area contributed by atoms with E-state index in [1.165, 1.54) is 0 Å². The second-order valence-electron chi connectivity index (χ2n) is 12.7. The molecular weight excluding hydrogens is 826 g/mol. The molecule has 5 rings (SSSR count). The summed E-state index contributed by atoms with van der Waals surface area (Å²) in [5.41, 5.74) is 6.97. The Bertz CT molecular complexity index is 1740. The number of nitrogens with one attached hydrogen (secondary N) is 1. The van der Waals surface area contributed by atoms with Gasteiger partial charge in [0.15, 0.2) is 0 Å². The van der Waals surface area contributed by atoms with E-state index in [1.807, 2.05) is 41.2 Å². The second kappa shape index (κ2) is 19.7. The van der Waals surface area contributed by atoms with Crippen LogP contribution in [0.15, 0.2) is 66.7 Å². The molecule has 1 aliphatic rings. The van der Waals surface area contributed by atoms with Crippen LogP contribution < -0.4 is 19.5 Å². The molecule has 1 aliphatic heterocycles. The number of aliphatic hydroxyl groups is 2. The summed E-state index contributed by atoms with van der Waals surface area (Å²) in [4.78, 5) is 2.43. The molecule has 1 saturated heterocycles. The van der Waals surface area contributed by atoms with Gasteiger partial charge >= 0.3 is 0 Å². The van der Waals surface area contributed by atoms with Crippen molar-refractivity contribution >= 4 is 57.8 Å². The van der Waals surface area contributed by atoms with E-state index < -0.39 is 6.04 Å². The van der Waals surface area contributed by atoms with Crippen molar-refractivity contribution in [1.82, 2.24) is 10.2 Å². The molecule has 1 fully saturated rings. The van der Waals surface area contributed by atoms with Crippen LogP contribution in [0.2, 0.25) is 15.1 Å². The predicted octanol–water partition coefficient (Wildman–Crippen LogP) is 8.74. The highest BCUT2D eigenvalue weighted by Gasteiger charge is 2.22. The van der Waals surface area contributed by atoms with Crippen molar-refractivity contribution in [1.29, 1.82) is 0 Å². The van der Waals surface area contributed by atoms with E-state index >= 15 is 0 Å². The Labute approximate surface area is 329 Å². The molecule has 4 aromatic carbocycles. The summed E-state index contributed by atoms with van der Waals surface area (Å²) in [6.07, 6.45) is 2.37. The van der Waals surface area contributed by atoms with Crippen LogP contribution >= 0.6 is 57.8 Å². The van der Waals surface area contributed by atoms with Gasteiger partial charge < -0.3 is 37.7 Å². The molecule has 4 aromatic rings. The molecule has 0 spiro atoms. The Morgan fingerprint density at radius 1 is 0.824 bits per heavy atom. The minimum Gasteiger partial charge on any atom is -0.493 e. The molecule has 12 heteroatoms. The monoisotopic (exact) mass is 868 g/mol. The third-order valence-corrected chi connectivity index (χ3v) is 10.5. The van der Waals surface area contributed by atoms with Crippen LogP contribution in [0.3, 0.4) is 0 Å². The first kappa shape index (κ1) is 39.9. The van der Waals surface area contributed by atoms with Gasteiger partial charge in [0.2, 0.25) is 0 Å². The van der Waals surface area contributed by atoms with Crippen molar-refractivity contribution in [2.75, 3.05) is 39.5 Å². The summed E-state index contributed by atoms with van der Waals surface area (Å²) in [5.74, 6) is 1.88. The van der Waals surface area contributed by atoms with E-state index in [-0.39, 0.29) is 26.4 Å². The summed E-state index contributed by atoms with van der Waals surface area (Å²) in [6.45, 7) is 8.27. The van der Waals surface area contributed by atoms with Gasteiger partial charge in [0.05, 0.1) is 37.0 Å². The Morgan fingerprint density at radius 2 is 1.53 bits per heavy atom. The van der Waals surface area contributed by atoms with Gasteiger partial charge in [-0.25, -0.2) is 0 Å². The van der Waals surface area contributed by atoms with Crippen molar-refractivity contribution in [3.05, 3.63) is 110 Å². The van der Waals surface area contributed by atoms with E-state index in [0.717, 1.165) is 77.2 Å². The number of ether oxygens (including phenoxy) is 3. The molecule has 0 bridgehead atoms. The molecule has 3 N–H and O–H groups in total. The van der Waals surface area contributed by atoms with E-state index in [4.69, 9.17) is 52.1 Å². The number of rotatable bonds is 18. The molecule has 1 heterocycles. The maximum Gasteiger partial charge on any atom is 0.142 e. The topological polar surface area (TPSA) is 92.7 Å². The molecule has 0 amide bonds. The number of hydrogen-bond acceptors (Lipinski definition) is 8. The first-order chi connectivity index (χ1) is 24.7. The van der Waals surface area contributed by atoms with Gasteiger partial charge in [-0.15, -0.1) is 0 Å². The fourth-order valence-electron chi connectivity index (χ4n) is 6.15. The lowest BCUT2D eigenvalue weighted by Crippen LogP contribution is -2.35. The van der Waals surface area contributed by atoms with E-state index in [9.17, 15) is 10.2 Å². The SMILES string of the molecule is Cc1c(COc2cc(OCc3cc(Cl)cc(Cl)c3)c(CNC(CO)CO)cc2Cl)cccc1-c1cccc(OCCCN2CC[C@@H](OI)C2)c1C. The largest absolute Gasteiger partial charge is 0.493 e. The normalized spacial score (nSPS) is 14.7. The van der Waals surface area contributed by atoms with Crippen molar-refractivity contribution in [2.24, 2.45) is 0 Å². The van der Waals surface area contributed by atoms with Gasteiger partial charge in [-0.1, -0.05) is 65.1 Å². The Morgan fingerprint density at radius 3 is 2.24 bits per heavy atom. The van der Waals surface area contributed by atoms with Crippen LogP contribution in [0.1, 0.15) is 40.7 Å². The van der Waals surface area contributed by atoms with Gasteiger partial charge in [-0.05, 0) is 90.4 Å². The minimum absolute atomic E-state index is 0.202. The van der Waals surface area contributed by atoms with Crippen LogP contribution in [-0.4, -0.2) is 66.7 Å². The zero-order chi connectivity index (χ0) is 36.3. The van der Waals surface area contributed by atoms with Crippen LogP contribution in [0.4, 0.5) is 0 Å². The lowest BCUT2D eigenvalue weighted by Gasteiger charge is -2.19. The zero-order valence-electron chi connectivity index (χ0n) is 28.8. The summed E-state index contributed by atoms with van der Waals surface area (Å²) in [5, 5.41) is 23.7. The minimum atomic E-state index is -0.491. The molecule has 0 aromatic heterocycles. The highest BCUT2D eigenvalue weighted by molar-refractivity contribution is 14.1. The van der Waals surface area contributed by atoms with Gasteiger partial charge in [0.1, 0.15) is 53.5 Å². The van der Waals surface area contributed by atoms with Crippen LogP contribution in [0, 0.1) is 13.8 Å². The average Bonchev–Trinajstić information content (AvgIpc) is 3.58. The lowest BCUT2D eigenvalue weighted by molar-refractivity contribution is 0.170. The zero-order valence-corrected chi connectivity index (χ0v) is 33.2. The van der Waals surface area contributed by atoms with Crippen molar-refractivity contribution in [3.63, 3.8) is 0 Å². The fourth-order valence-corrected chi connectivity index (χ4v) is 7.38. The Kier molecular flexibility index (Phi) is 15.4. The molecule has 0 aliphatic carbocycles. The Hall–Kier alpha value is -2.32. The molecule has 0 unspecified atom stereocenters. The van der Waals surface area contributed by atoms with Gasteiger partial charge in [-0.3, -0.25) is 0 Å². The molecule has 8 nitrogen and oxygen atoms in total. The molecule has 274 valence electrons. The third-order valence-electron chi connectivity index (χ3n) is 9.09. The maximum atomic E-state index is 9.55. The summed E-state index contributed by atoms with van der Waals surface area (Å²) < 4.78 is 24.3. The fraction of sp³-hybridized carbons (Fsp3) is 0.385. The van der Waals surface area contributed by atoms with Crippen LogP contribution in [-0.2, 0) is 22.8 Å². The second-order valence-corrected chi connectivity index (χ2v) is 14.5. The number of benzene rings is 4. The van der Waals surface area contributed by atoms with Gasteiger partial charge in [0, 0.05) is 47.9 Å². The van der Waals surface area contributed by atoms with Crippen LogP contribution in [0.25, 0.3) is 11.1 Å². The standard InChI is InChI=1S/C39H44Cl3IN2O6/c1-25-28(6-3-7-34(25)35-8-4-9-37(26(35)2)48-13-5-11-45-12-10-33(20-45)51-43)24-50-39-18-38(49-23-27-14-30(40)17-31(41)15-27)29(16-36(39)42)19-44-32(21-46)22-47/h3-4,6-9,14-18,32-33,44,46-47H,5,10-13,19-24H2,1-2H3/t33-/m1/s1. The van der Waals surface area contributed by atoms with Crippen molar-refractivity contribution in [2.45, 2.75) is 58.6 Å². The number of nitrogens with zero attached hydrogens (tertiary/aromatic N) is 1. The first-order valence-electron chi connectivity index (χ1n) is 17.0. The predicted molar refractivity (Wildman–Crippen MR) is 213 cm³/mol. The quantitative estimate of drug-likeness (QED) is 0.0676. The maximum absolute atomic E-state index is 9.55. The number of halogens is 4. The first-order valence-corrected chi connectivity index (χ1v) is 19.0. The summed E-state index contributed by atoms with van der Waals surface area (Å²) in [6, 6.07) is 20.7. The highest BCUT2D eigenvalue weighted by Crippen LogP contribution is 2.36. The highest BCUT2D eigenvalue weighted by atomic mass is 127. The summed E-state index contributed by atoms with van der Waals surface area (Å²) >= 11 is 21.2. The van der Waals surface area contributed by atoms with Crippen LogP contribution in [0.5, 0.6) is 17.2 Å². The van der Waals surface area contributed by atoms with E-state index in [1.54, 1.807) is 30.3 Å². The van der Waals surface area contributed by atoms with Crippen molar-refractivity contribution < 1.29 is 27.5 Å². The molecule has 51 heavy (non-hydrogen) atoms. The molecule has 0 saturated carbocycles. The smallest absolute Gasteiger partial charge is 0.142 e. The van der Waals surface area contributed by atoms with Crippen molar-refractivity contribution in [3.8, 4) is 28.4 Å². The molecule has 1 atom stereocenters.